The van der Waals surface area contributed by atoms with Crippen LogP contribution in [0.2, 0.25) is 0 Å². The van der Waals surface area contributed by atoms with Gasteiger partial charge in [0.2, 0.25) is 4.77 Å². The number of nitrogens with one attached hydrogen (secondary N) is 1. The van der Waals surface area contributed by atoms with Crippen LogP contribution in [0.25, 0.3) is 0 Å². The number of aromatic amines is 1. The van der Waals surface area contributed by atoms with Gasteiger partial charge in [-0.15, -0.1) is 0 Å². The Labute approximate surface area is 97.5 Å². The van der Waals surface area contributed by atoms with Crippen LogP contribution in [0.1, 0.15) is 6.42 Å². The van der Waals surface area contributed by atoms with Crippen molar-refractivity contribution < 1.29 is 19.8 Å². The molecule has 9 heteroatoms. The lowest BCUT2D eigenvalue weighted by Gasteiger charge is -2.05. The lowest BCUT2D eigenvalue weighted by atomic mass is 10.3. The summed E-state index contributed by atoms with van der Waals surface area (Å²) in [6, 6.07) is 0. The van der Waals surface area contributed by atoms with Crippen LogP contribution in [0.5, 0.6) is 0 Å². The van der Waals surface area contributed by atoms with Crippen molar-refractivity contribution in [3.8, 4) is 0 Å². The van der Waals surface area contributed by atoms with Crippen molar-refractivity contribution in [2.24, 2.45) is 0 Å². The first-order valence-corrected chi connectivity index (χ1v) is 5.76. The Morgan fingerprint density at radius 1 is 1.60 bits per heavy atom. The van der Waals surface area contributed by atoms with Crippen LogP contribution in [-0.2, 0) is 9.59 Å². The van der Waals surface area contributed by atoms with Crippen LogP contribution in [-0.4, -0.2) is 36.8 Å². The van der Waals surface area contributed by atoms with Crippen molar-refractivity contribution in [3.63, 3.8) is 0 Å². The molecule has 1 aromatic heterocycles. The van der Waals surface area contributed by atoms with Crippen LogP contribution >= 0.6 is 35.5 Å². The van der Waals surface area contributed by atoms with Crippen molar-refractivity contribution >= 4 is 47.5 Å². The summed E-state index contributed by atoms with van der Waals surface area (Å²) in [5.74, 6) is -2.34. The second-order valence-electron chi connectivity index (χ2n) is 2.43. The Hall–Kier alpha value is -0.930. The molecule has 0 saturated heterocycles. The van der Waals surface area contributed by atoms with Crippen LogP contribution in [0.15, 0.2) is 4.34 Å². The number of H-pyrrole nitrogens is 1. The molecule has 0 radical (unpaired) electrons. The van der Waals surface area contributed by atoms with E-state index in [1.165, 1.54) is 0 Å². The summed E-state index contributed by atoms with van der Waals surface area (Å²) < 4.78 is 3.34. The van der Waals surface area contributed by atoms with Gasteiger partial charge in [-0.1, -0.05) is 11.8 Å². The fourth-order valence-electron chi connectivity index (χ4n) is 0.726. The minimum absolute atomic E-state index is 0.266. The highest BCUT2D eigenvalue weighted by atomic mass is 32.2. The number of carbonyl (C=O) groups is 2. The summed E-state index contributed by atoms with van der Waals surface area (Å²) in [6.45, 7) is 0. The van der Waals surface area contributed by atoms with Crippen LogP contribution in [0.3, 0.4) is 0 Å². The quantitative estimate of drug-likeness (QED) is 0.543. The van der Waals surface area contributed by atoms with E-state index in [0.29, 0.717) is 4.34 Å². The molecule has 1 rings (SSSR count). The second kappa shape index (κ2) is 5.24. The summed E-state index contributed by atoms with van der Waals surface area (Å²) in [4.78, 5) is 24.9. The number of hydrogen-bond acceptors (Lipinski definition) is 6. The maximum absolute atomic E-state index is 10.7. The molecule has 3 N–H and O–H groups in total. The average Bonchev–Trinajstić information content (AvgIpc) is 2.49. The molecule has 1 unspecified atom stereocenters. The summed E-state index contributed by atoms with van der Waals surface area (Å²) in [5, 5.41) is 16.2. The van der Waals surface area contributed by atoms with Crippen molar-refractivity contribution in [2.75, 3.05) is 0 Å². The largest absolute Gasteiger partial charge is 0.481 e. The molecule has 0 aliphatic rings. The van der Waals surface area contributed by atoms with E-state index in [2.05, 4.69) is 9.36 Å². The predicted octanol–water partition coefficient (Wildman–Crippen LogP) is 1.22. The molecule has 0 aliphatic carbocycles. The molecule has 0 fully saturated rings. The van der Waals surface area contributed by atoms with Crippen molar-refractivity contribution in [1.29, 1.82) is 0 Å². The number of aliphatic carboxylic acids is 2. The molecule has 6 nitrogen and oxygen atoms in total. The Bertz CT molecular complexity index is 426. The predicted molar refractivity (Wildman–Crippen MR) is 56.8 cm³/mol. The maximum Gasteiger partial charge on any atom is 0.317 e. The molecule has 1 aromatic rings. The molecule has 0 spiro atoms. The Morgan fingerprint density at radius 3 is 2.67 bits per heavy atom. The van der Waals surface area contributed by atoms with Gasteiger partial charge in [0, 0.05) is 0 Å². The second-order valence-corrected chi connectivity index (χ2v) is 5.06. The first-order chi connectivity index (χ1) is 6.99. The van der Waals surface area contributed by atoms with Gasteiger partial charge >= 0.3 is 11.9 Å². The van der Waals surface area contributed by atoms with E-state index in [4.69, 9.17) is 22.4 Å². The molecule has 0 aromatic carbocycles. The van der Waals surface area contributed by atoms with Gasteiger partial charge in [0.25, 0.3) is 0 Å². The zero-order chi connectivity index (χ0) is 11.4. The van der Waals surface area contributed by atoms with E-state index in [1.807, 2.05) is 0 Å². The Morgan fingerprint density at radius 2 is 2.27 bits per heavy atom. The third kappa shape index (κ3) is 3.98. The Kier molecular flexibility index (Phi) is 4.24. The van der Waals surface area contributed by atoms with Crippen molar-refractivity contribution in [3.05, 3.63) is 4.77 Å². The van der Waals surface area contributed by atoms with Gasteiger partial charge in [-0.2, -0.15) is 0 Å². The van der Waals surface area contributed by atoms with E-state index in [-0.39, 0.29) is 4.77 Å². The number of thioether (sulfide) groups is 1. The molecule has 82 valence electrons. The van der Waals surface area contributed by atoms with Crippen LogP contribution < -0.4 is 0 Å². The van der Waals surface area contributed by atoms with Crippen molar-refractivity contribution in [2.45, 2.75) is 16.0 Å². The number of carboxylic acid groups (broad SMARTS) is 2. The molecular weight excluding hydrogens is 260 g/mol. The molecule has 0 bridgehead atoms. The van der Waals surface area contributed by atoms with E-state index in [9.17, 15) is 9.59 Å². The standard InChI is InChI=1S/C6H6N2O4S3/c9-3(10)1-2(4(11)12)14-6-7-5(13)8-15-6/h2H,1H2,(H,8,13)(H,9,10)(H,11,12). The van der Waals surface area contributed by atoms with Gasteiger partial charge in [-0.05, 0) is 23.8 Å². The number of aromatic nitrogens is 2. The normalized spacial score (nSPS) is 12.3. The maximum atomic E-state index is 10.7. The molecule has 0 aliphatic heterocycles. The fourth-order valence-corrected chi connectivity index (χ4v) is 2.80. The first kappa shape index (κ1) is 12.1. The van der Waals surface area contributed by atoms with Gasteiger partial charge in [-0.25, -0.2) is 4.98 Å². The molecule has 0 amide bonds. The number of rotatable bonds is 5. The molecule has 15 heavy (non-hydrogen) atoms. The van der Waals surface area contributed by atoms with E-state index >= 15 is 0 Å². The lowest BCUT2D eigenvalue weighted by Crippen LogP contribution is -2.20. The molecule has 1 heterocycles. The van der Waals surface area contributed by atoms with Gasteiger partial charge < -0.3 is 10.2 Å². The fraction of sp³-hybridized carbons (Fsp3) is 0.333. The van der Waals surface area contributed by atoms with Crippen molar-refractivity contribution in [1.82, 2.24) is 9.36 Å². The molecular formula is C6H6N2O4S3. The number of hydrogen-bond donors (Lipinski definition) is 3. The average molecular weight is 266 g/mol. The summed E-state index contributed by atoms with van der Waals surface area (Å²) in [5.41, 5.74) is 0. The van der Waals surface area contributed by atoms with Gasteiger partial charge in [-0.3, -0.25) is 14.0 Å². The van der Waals surface area contributed by atoms with E-state index in [1.54, 1.807) is 0 Å². The third-order valence-corrected chi connectivity index (χ3v) is 3.67. The summed E-state index contributed by atoms with van der Waals surface area (Å²) >= 11 is 6.67. The minimum Gasteiger partial charge on any atom is -0.481 e. The van der Waals surface area contributed by atoms with Crippen LogP contribution in [0, 0.1) is 4.77 Å². The first-order valence-electron chi connectivity index (χ1n) is 3.66. The van der Waals surface area contributed by atoms with Gasteiger partial charge in [0.1, 0.15) is 5.25 Å². The van der Waals surface area contributed by atoms with E-state index < -0.39 is 23.6 Å². The summed E-state index contributed by atoms with van der Waals surface area (Å²) in [6.07, 6.45) is -0.452. The monoisotopic (exact) mass is 266 g/mol. The molecule has 0 saturated carbocycles. The smallest absolute Gasteiger partial charge is 0.317 e. The lowest BCUT2D eigenvalue weighted by molar-refractivity contribution is -0.142. The third-order valence-electron chi connectivity index (χ3n) is 1.30. The highest BCUT2D eigenvalue weighted by Gasteiger charge is 2.23. The highest BCUT2D eigenvalue weighted by Crippen LogP contribution is 2.26. The highest BCUT2D eigenvalue weighted by molar-refractivity contribution is 8.02. The Balaban J connectivity index is 2.70. The zero-order valence-electron chi connectivity index (χ0n) is 7.17. The topological polar surface area (TPSA) is 103 Å². The SMILES string of the molecule is O=C(O)CC(Sc1nc(=S)[nH]s1)C(=O)O. The van der Waals surface area contributed by atoms with E-state index in [0.717, 1.165) is 23.3 Å². The number of carboxylic acids is 2. The van der Waals surface area contributed by atoms with Crippen LogP contribution in [0.4, 0.5) is 0 Å². The van der Waals surface area contributed by atoms with Gasteiger partial charge in [0.05, 0.1) is 6.42 Å². The zero-order valence-corrected chi connectivity index (χ0v) is 9.62. The minimum atomic E-state index is -1.18. The summed E-state index contributed by atoms with van der Waals surface area (Å²) in [7, 11) is 0. The number of nitrogens with zero attached hydrogens (tertiary/aromatic N) is 1. The van der Waals surface area contributed by atoms with Gasteiger partial charge in [0.15, 0.2) is 4.34 Å². The molecule has 1 atom stereocenters.